The number of hydrogen-bond acceptors (Lipinski definition) is 4. The molecule has 1 aromatic heterocycles. The highest BCUT2D eigenvalue weighted by Crippen LogP contribution is 2.34. The minimum Gasteiger partial charge on any atom is -0.481 e. The Kier molecular flexibility index (Phi) is 4.22. The van der Waals surface area contributed by atoms with E-state index in [9.17, 15) is 18.3 Å². The van der Waals surface area contributed by atoms with Crippen LogP contribution < -0.4 is 0 Å². The van der Waals surface area contributed by atoms with Crippen molar-refractivity contribution in [1.82, 2.24) is 4.31 Å². The van der Waals surface area contributed by atoms with Crippen LogP contribution in [0.4, 0.5) is 0 Å². The third kappa shape index (κ3) is 2.75. The first-order valence-electron chi connectivity index (χ1n) is 6.62. The van der Waals surface area contributed by atoms with Crippen LogP contribution in [0, 0.1) is 5.41 Å². The molecule has 0 radical (unpaired) electrons. The van der Waals surface area contributed by atoms with Gasteiger partial charge in [0.15, 0.2) is 0 Å². The molecule has 1 aliphatic rings. The van der Waals surface area contributed by atoms with Crippen molar-refractivity contribution in [3.63, 3.8) is 0 Å². The molecule has 2 rings (SSSR count). The smallest absolute Gasteiger partial charge is 0.310 e. The van der Waals surface area contributed by atoms with Crippen LogP contribution in [0.2, 0.25) is 0 Å². The van der Waals surface area contributed by atoms with Crippen molar-refractivity contribution in [2.45, 2.75) is 37.3 Å². The summed E-state index contributed by atoms with van der Waals surface area (Å²) in [6.45, 7) is 4.03. The minimum absolute atomic E-state index is 0.0457. The van der Waals surface area contributed by atoms with E-state index in [2.05, 4.69) is 0 Å². The number of sulfonamides is 1. The first-order valence-corrected chi connectivity index (χ1v) is 8.87. The van der Waals surface area contributed by atoms with E-state index in [4.69, 9.17) is 0 Å². The fourth-order valence-corrected chi connectivity index (χ4v) is 5.44. The molecule has 1 fully saturated rings. The van der Waals surface area contributed by atoms with Gasteiger partial charge in [-0.15, -0.1) is 11.3 Å². The first kappa shape index (κ1) is 15.5. The molecular formula is C13H19NO4S2. The van der Waals surface area contributed by atoms with Crippen molar-refractivity contribution in [3.05, 3.63) is 17.0 Å². The summed E-state index contributed by atoms with van der Waals surface area (Å²) >= 11 is 1.26. The second-order valence-corrected chi connectivity index (χ2v) is 8.72. The number of piperidine rings is 1. The average molecular weight is 317 g/mol. The standard InChI is InChI=1S/C13H19NO4S2/c1-3-10-5-6-11(19-10)20(17,18)14-8-4-7-13(2,9-14)12(15)16/h5-6H,3-4,7-9H2,1-2H3,(H,15,16). The normalized spacial score (nSPS) is 24.7. The second-order valence-electron chi connectivity index (χ2n) is 5.38. The first-order chi connectivity index (χ1) is 9.29. The summed E-state index contributed by atoms with van der Waals surface area (Å²) in [6, 6.07) is 3.43. The molecule has 5 nitrogen and oxygen atoms in total. The maximum atomic E-state index is 12.6. The SMILES string of the molecule is CCc1ccc(S(=O)(=O)N2CCCC(C)(C(=O)O)C2)s1. The van der Waals surface area contributed by atoms with Crippen molar-refractivity contribution in [2.75, 3.05) is 13.1 Å². The number of carboxylic acid groups (broad SMARTS) is 1. The van der Waals surface area contributed by atoms with Crippen molar-refractivity contribution in [2.24, 2.45) is 5.41 Å². The molecule has 1 unspecified atom stereocenters. The maximum absolute atomic E-state index is 12.6. The van der Waals surface area contributed by atoms with Crippen LogP contribution in [0.15, 0.2) is 16.3 Å². The molecule has 0 spiro atoms. The molecule has 0 aliphatic carbocycles. The number of hydrogen-bond donors (Lipinski definition) is 1. The number of aliphatic carboxylic acids is 1. The largest absolute Gasteiger partial charge is 0.481 e. The highest BCUT2D eigenvalue weighted by molar-refractivity contribution is 7.91. The number of rotatable bonds is 4. The summed E-state index contributed by atoms with van der Waals surface area (Å²) in [5, 5.41) is 9.27. The van der Waals surface area contributed by atoms with Crippen LogP contribution in [0.25, 0.3) is 0 Å². The predicted octanol–water partition coefficient (Wildman–Crippen LogP) is 2.19. The zero-order chi connectivity index (χ0) is 15.0. The fourth-order valence-electron chi connectivity index (χ4n) is 2.39. The van der Waals surface area contributed by atoms with E-state index >= 15 is 0 Å². The van der Waals surface area contributed by atoms with Crippen molar-refractivity contribution >= 4 is 27.3 Å². The zero-order valence-corrected chi connectivity index (χ0v) is 13.3. The highest BCUT2D eigenvalue weighted by atomic mass is 32.2. The Bertz CT molecular complexity index is 608. The number of nitrogens with zero attached hydrogens (tertiary/aromatic N) is 1. The fraction of sp³-hybridized carbons (Fsp3) is 0.615. The molecule has 1 aromatic rings. The molecule has 2 heterocycles. The van der Waals surface area contributed by atoms with E-state index in [1.165, 1.54) is 15.6 Å². The van der Waals surface area contributed by atoms with Crippen LogP contribution >= 0.6 is 11.3 Å². The highest BCUT2D eigenvalue weighted by Gasteiger charge is 2.42. The van der Waals surface area contributed by atoms with Gasteiger partial charge in [-0.1, -0.05) is 6.92 Å². The Balaban J connectivity index is 2.27. The van der Waals surface area contributed by atoms with E-state index in [0.717, 1.165) is 11.3 Å². The van der Waals surface area contributed by atoms with E-state index in [-0.39, 0.29) is 6.54 Å². The average Bonchev–Trinajstić information content (AvgIpc) is 2.88. The van der Waals surface area contributed by atoms with Gasteiger partial charge >= 0.3 is 5.97 Å². The number of carboxylic acids is 1. The van der Waals surface area contributed by atoms with Crippen LogP contribution in [-0.4, -0.2) is 36.9 Å². The maximum Gasteiger partial charge on any atom is 0.310 e. The van der Waals surface area contributed by atoms with Crippen molar-refractivity contribution in [1.29, 1.82) is 0 Å². The van der Waals surface area contributed by atoms with Gasteiger partial charge in [0.25, 0.3) is 10.0 Å². The Labute approximate surface area is 123 Å². The lowest BCUT2D eigenvalue weighted by Gasteiger charge is -2.36. The van der Waals surface area contributed by atoms with Crippen LogP contribution in [0.5, 0.6) is 0 Å². The molecule has 20 heavy (non-hydrogen) atoms. The summed E-state index contributed by atoms with van der Waals surface area (Å²) in [7, 11) is -3.57. The molecule has 112 valence electrons. The van der Waals surface area contributed by atoms with Gasteiger partial charge in [0, 0.05) is 18.0 Å². The number of thiophene rings is 1. The Hall–Kier alpha value is -0.920. The van der Waals surface area contributed by atoms with Gasteiger partial charge in [-0.25, -0.2) is 8.42 Å². The Morgan fingerprint density at radius 3 is 2.75 bits per heavy atom. The summed E-state index contributed by atoms with van der Waals surface area (Å²) in [4.78, 5) is 12.3. The zero-order valence-electron chi connectivity index (χ0n) is 11.6. The van der Waals surface area contributed by atoms with Gasteiger partial charge in [0.05, 0.1) is 5.41 Å². The van der Waals surface area contributed by atoms with Gasteiger partial charge in [-0.3, -0.25) is 4.79 Å². The molecule has 0 saturated carbocycles. The quantitative estimate of drug-likeness (QED) is 0.923. The Morgan fingerprint density at radius 2 is 2.20 bits per heavy atom. The van der Waals surface area contributed by atoms with Gasteiger partial charge in [-0.05, 0) is 38.3 Å². The van der Waals surface area contributed by atoms with Crippen LogP contribution in [0.3, 0.4) is 0 Å². The molecule has 1 saturated heterocycles. The van der Waals surface area contributed by atoms with Crippen molar-refractivity contribution in [3.8, 4) is 0 Å². The monoisotopic (exact) mass is 317 g/mol. The van der Waals surface area contributed by atoms with Crippen LogP contribution in [-0.2, 0) is 21.2 Å². The lowest BCUT2D eigenvalue weighted by molar-refractivity contribution is -0.150. The van der Waals surface area contributed by atoms with E-state index in [1.807, 2.05) is 13.0 Å². The molecule has 0 aromatic carbocycles. The molecule has 0 bridgehead atoms. The van der Waals surface area contributed by atoms with E-state index in [1.54, 1.807) is 13.0 Å². The summed E-state index contributed by atoms with van der Waals surface area (Å²) < 4.78 is 26.8. The lowest BCUT2D eigenvalue weighted by Crippen LogP contribution is -2.48. The Morgan fingerprint density at radius 1 is 1.50 bits per heavy atom. The van der Waals surface area contributed by atoms with Crippen molar-refractivity contribution < 1.29 is 18.3 Å². The second kappa shape index (κ2) is 5.46. The van der Waals surface area contributed by atoms with Gasteiger partial charge in [0.2, 0.25) is 0 Å². The van der Waals surface area contributed by atoms with Gasteiger partial charge in [0.1, 0.15) is 4.21 Å². The third-order valence-electron chi connectivity index (χ3n) is 3.76. The molecular weight excluding hydrogens is 298 g/mol. The third-order valence-corrected chi connectivity index (χ3v) is 7.30. The molecule has 0 amide bonds. The number of carbonyl (C=O) groups is 1. The minimum atomic E-state index is -3.57. The van der Waals surface area contributed by atoms with E-state index < -0.39 is 21.4 Å². The lowest BCUT2D eigenvalue weighted by atomic mass is 9.83. The molecule has 1 N–H and O–H groups in total. The van der Waals surface area contributed by atoms with Gasteiger partial charge < -0.3 is 5.11 Å². The molecule has 1 atom stereocenters. The topological polar surface area (TPSA) is 74.7 Å². The summed E-state index contributed by atoms with van der Waals surface area (Å²) in [6.07, 6.45) is 1.89. The predicted molar refractivity (Wildman–Crippen MR) is 77.4 cm³/mol. The number of aryl methyl sites for hydroxylation is 1. The van der Waals surface area contributed by atoms with Crippen LogP contribution in [0.1, 0.15) is 31.6 Å². The molecule has 7 heteroatoms. The molecule has 1 aliphatic heterocycles. The van der Waals surface area contributed by atoms with Gasteiger partial charge in [-0.2, -0.15) is 4.31 Å². The summed E-state index contributed by atoms with van der Waals surface area (Å²) in [5.41, 5.74) is -0.990. The van der Waals surface area contributed by atoms with E-state index in [0.29, 0.717) is 23.6 Å². The summed E-state index contributed by atoms with van der Waals surface area (Å²) in [5.74, 6) is -0.933.